The number of nitrogens with zero attached hydrogens (tertiary/aromatic N) is 2. The molecule has 4 N–H and O–H groups in total. The number of H-pyrrole nitrogens is 1. The predicted octanol–water partition coefficient (Wildman–Crippen LogP) is 1.93. The molecule has 2 aliphatic rings. The lowest BCUT2D eigenvalue weighted by atomic mass is 9.83. The number of benzene rings is 1. The summed E-state index contributed by atoms with van der Waals surface area (Å²) >= 11 is 0. The minimum absolute atomic E-state index is 0.0709. The maximum Gasteiger partial charge on any atom is 0.272 e. The van der Waals surface area contributed by atoms with Gasteiger partial charge in [-0.1, -0.05) is 6.42 Å². The summed E-state index contributed by atoms with van der Waals surface area (Å²) in [7, 11) is 0. The molecule has 1 aromatic heterocycles. The van der Waals surface area contributed by atoms with Crippen molar-refractivity contribution in [3.63, 3.8) is 0 Å². The van der Waals surface area contributed by atoms with Gasteiger partial charge in [0.1, 0.15) is 17.1 Å². The highest BCUT2D eigenvalue weighted by atomic mass is 19.2. The molecule has 2 fully saturated rings. The molecular formula is C18H18F3N5O2. The van der Waals surface area contributed by atoms with Crippen molar-refractivity contribution in [1.29, 1.82) is 0 Å². The summed E-state index contributed by atoms with van der Waals surface area (Å²) in [6.07, 6.45) is 3.31. The van der Waals surface area contributed by atoms with E-state index in [1.165, 1.54) is 0 Å². The van der Waals surface area contributed by atoms with Crippen LogP contribution in [0.15, 0.2) is 12.1 Å². The number of nitrogens with two attached hydrogens (primary N) is 1. The smallest absolute Gasteiger partial charge is 0.272 e. The second-order valence-corrected chi connectivity index (χ2v) is 7.16. The first-order valence-electron chi connectivity index (χ1n) is 8.93. The van der Waals surface area contributed by atoms with Crippen molar-refractivity contribution in [3.05, 3.63) is 46.5 Å². The molecule has 0 bridgehead atoms. The summed E-state index contributed by atoms with van der Waals surface area (Å²) in [6.45, 7) is 0.142. The van der Waals surface area contributed by atoms with Crippen LogP contribution in [0.2, 0.25) is 0 Å². The number of hydrogen-bond acceptors (Lipinski definition) is 4. The van der Waals surface area contributed by atoms with Gasteiger partial charge in [-0.3, -0.25) is 14.7 Å². The van der Waals surface area contributed by atoms with E-state index in [2.05, 4.69) is 15.5 Å². The third-order valence-electron chi connectivity index (χ3n) is 5.30. The van der Waals surface area contributed by atoms with Gasteiger partial charge < -0.3 is 16.0 Å². The zero-order valence-corrected chi connectivity index (χ0v) is 14.8. The van der Waals surface area contributed by atoms with E-state index in [0.717, 1.165) is 29.9 Å². The summed E-state index contributed by atoms with van der Waals surface area (Å²) < 4.78 is 40.8. The first-order valence-corrected chi connectivity index (χ1v) is 8.93. The Morgan fingerprint density at radius 2 is 1.89 bits per heavy atom. The standard InChI is InChI=1S/C18H18F3N5O2/c19-10-4-11(20)16(22)14(15(10)21)18(28)26-6-9(7-26)23-17(27)13-5-12(24-25-13)8-2-1-3-8/h4-5,8-9H,1-3,6-7,22H2,(H,23,27)(H,24,25). The quantitative estimate of drug-likeness (QED) is 0.545. The Balaban J connectivity index is 1.36. The number of carbonyl (C=O) groups is 2. The largest absolute Gasteiger partial charge is 0.396 e. The highest BCUT2D eigenvalue weighted by Crippen LogP contribution is 2.35. The number of carbonyl (C=O) groups excluding carboxylic acids is 2. The van der Waals surface area contributed by atoms with Crippen molar-refractivity contribution < 1.29 is 22.8 Å². The molecule has 1 saturated carbocycles. The monoisotopic (exact) mass is 393 g/mol. The van der Waals surface area contributed by atoms with Crippen LogP contribution < -0.4 is 11.1 Å². The molecule has 10 heteroatoms. The highest BCUT2D eigenvalue weighted by molar-refractivity contribution is 6.00. The fourth-order valence-electron chi connectivity index (χ4n) is 3.35. The van der Waals surface area contributed by atoms with Gasteiger partial charge in [0.05, 0.1) is 11.7 Å². The van der Waals surface area contributed by atoms with E-state index >= 15 is 0 Å². The highest BCUT2D eigenvalue weighted by Gasteiger charge is 2.36. The van der Waals surface area contributed by atoms with Gasteiger partial charge in [0.2, 0.25) is 0 Å². The van der Waals surface area contributed by atoms with Gasteiger partial charge in [-0.2, -0.15) is 5.10 Å². The van der Waals surface area contributed by atoms with Gasteiger partial charge in [0.15, 0.2) is 11.6 Å². The van der Waals surface area contributed by atoms with Crippen LogP contribution in [0.5, 0.6) is 0 Å². The van der Waals surface area contributed by atoms with Crippen molar-refractivity contribution in [2.24, 2.45) is 0 Å². The van der Waals surface area contributed by atoms with Gasteiger partial charge in [-0.15, -0.1) is 0 Å². The van der Waals surface area contributed by atoms with E-state index in [-0.39, 0.29) is 30.7 Å². The fourth-order valence-corrected chi connectivity index (χ4v) is 3.35. The first kappa shape index (κ1) is 18.3. The summed E-state index contributed by atoms with van der Waals surface area (Å²) in [6, 6.07) is 1.64. The molecule has 1 aliphatic heterocycles. The minimum atomic E-state index is -1.49. The maximum atomic E-state index is 13.9. The molecule has 2 heterocycles. The molecule has 1 aliphatic carbocycles. The van der Waals surface area contributed by atoms with E-state index in [9.17, 15) is 22.8 Å². The maximum absolute atomic E-state index is 13.9. The van der Waals surface area contributed by atoms with Crippen LogP contribution in [0.4, 0.5) is 18.9 Å². The van der Waals surface area contributed by atoms with Crippen molar-refractivity contribution in [3.8, 4) is 0 Å². The zero-order valence-electron chi connectivity index (χ0n) is 14.8. The number of likely N-dealkylation sites (tertiary alicyclic amines) is 1. The Labute approximate surface area is 158 Å². The molecule has 0 radical (unpaired) electrons. The van der Waals surface area contributed by atoms with E-state index in [1.54, 1.807) is 6.07 Å². The molecular weight excluding hydrogens is 375 g/mol. The second kappa shape index (κ2) is 6.84. The lowest BCUT2D eigenvalue weighted by molar-refractivity contribution is 0.0537. The van der Waals surface area contributed by atoms with E-state index < -0.39 is 34.6 Å². The van der Waals surface area contributed by atoms with Crippen LogP contribution in [-0.2, 0) is 0 Å². The summed E-state index contributed by atoms with van der Waals surface area (Å²) in [4.78, 5) is 25.7. The van der Waals surface area contributed by atoms with Crippen LogP contribution in [0.3, 0.4) is 0 Å². The lowest BCUT2D eigenvalue weighted by Crippen LogP contribution is -2.61. The molecule has 1 aromatic carbocycles. The molecule has 2 amide bonds. The van der Waals surface area contributed by atoms with Crippen LogP contribution in [0, 0.1) is 17.5 Å². The Kier molecular flexibility index (Phi) is 4.48. The normalized spacial score (nSPS) is 17.2. The number of aromatic nitrogens is 2. The third-order valence-corrected chi connectivity index (χ3v) is 5.30. The van der Waals surface area contributed by atoms with Crippen LogP contribution >= 0.6 is 0 Å². The lowest BCUT2D eigenvalue weighted by Gasteiger charge is -2.39. The van der Waals surface area contributed by atoms with Crippen molar-refractivity contribution in [2.45, 2.75) is 31.2 Å². The van der Waals surface area contributed by atoms with Gasteiger partial charge >= 0.3 is 0 Å². The molecule has 1 saturated heterocycles. The van der Waals surface area contributed by atoms with E-state index in [1.807, 2.05) is 0 Å². The summed E-state index contributed by atoms with van der Waals surface area (Å²) in [5, 5.41) is 9.60. The van der Waals surface area contributed by atoms with Gasteiger partial charge in [-0.25, -0.2) is 13.2 Å². The number of anilines is 1. The van der Waals surface area contributed by atoms with Crippen LogP contribution in [0.25, 0.3) is 0 Å². The van der Waals surface area contributed by atoms with Gasteiger partial charge in [-0.05, 0) is 18.9 Å². The number of aromatic amines is 1. The Morgan fingerprint density at radius 1 is 1.18 bits per heavy atom. The summed E-state index contributed by atoms with van der Waals surface area (Å²) in [5.74, 6) is -5.07. The van der Waals surface area contributed by atoms with Crippen LogP contribution in [0.1, 0.15) is 51.7 Å². The molecule has 7 nitrogen and oxygen atoms in total. The third kappa shape index (κ3) is 3.08. The number of hydrogen-bond donors (Lipinski definition) is 3. The van der Waals surface area contributed by atoms with E-state index in [4.69, 9.17) is 5.73 Å². The zero-order chi connectivity index (χ0) is 20.0. The average Bonchev–Trinajstić information content (AvgIpc) is 3.03. The van der Waals surface area contributed by atoms with Crippen LogP contribution in [-0.4, -0.2) is 46.0 Å². The first-order chi connectivity index (χ1) is 13.3. The van der Waals surface area contributed by atoms with Crippen molar-refractivity contribution >= 4 is 17.5 Å². The molecule has 0 unspecified atom stereocenters. The number of nitrogens with one attached hydrogen (secondary N) is 2. The second-order valence-electron chi connectivity index (χ2n) is 7.16. The fraction of sp³-hybridized carbons (Fsp3) is 0.389. The predicted molar refractivity (Wildman–Crippen MR) is 93.1 cm³/mol. The van der Waals surface area contributed by atoms with E-state index in [0.29, 0.717) is 12.0 Å². The molecule has 28 heavy (non-hydrogen) atoms. The van der Waals surface area contributed by atoms with Gasteiger partial charge in [0.25, 0.3) is 11.8 Å². The molecule has 0 spiro atoms. The molecule has 0 atom stereocenters. The summed E-state index contributed by atoms with van der Waals surface area (Å²) in [5.41, 5.74) is 5.01. The Hall–Kier alpha value is -3.04. The SMILES string of the molecule is Nc1c(F)cc(F)c(F)c1C(=O)N1CC(NC(=O)c2cc(C3CCC3)[nH]n2)C1. The number of rotatable bonds is 4. The number of amides is 2. The Bertz CT molecular complexity index is 925. The minimum Gasteiger partial charge on any atom is -0.396 e. The van der Waals surface area contributed by atoms with Gasteiger partial charge in [0, 0.05) is 30.8 Å². The number of halogens is 3. The topological polar surface area (TPSA) is 104 Å². The Morgan fingerprint density at radius 3 is 2.54 bits per heavy atom. The molecule has 2 aromatic rings. The molecule has 4 rings (SSSR count). The van der Waals surface area contributed by atoms with Crippen molar-refractivity contribution in [2.75, 3.05) is 18.8 Å². The van der Waals surface area contributed by atoms with Crippen molar-refractivity contribution in [1.82, 2.24) is 20.4 Å². The average molecular weight is 393 g/mol. The number of nitrogen functional groups attached to an aromatic ring is 1. The molecule has 148 valence electrons.